The summed E-state index contributed by atoms with van der Waals surface area (Å²) >= 11 is 0. The maximum atomic E-state index is 15.8. The van der Waals surface area contributed by atoms with Crippen LogP contribution in [0, 0.1) is 11.6 Å². The number of carbonyl (C=O) groups is 1. The van der Waals surface area contributed by atoms with Gasteiger partial charge in [-0.2, -0.15) is 0 Å². The molecule has 0 atom stereocenters. The molecule has 3 aromatic heterocycles. The highest BCUT2D eigenvalue weighted by Crippen LogP contribution is 2.37. The fraction of sp³-hybridized carbons (Fsp3) is 0.263. The van der Waals surface area contributed by atoms with Gasteiger partial charge in [-0.3, -0.25) is 9.59 Å². The van der Waals surface area contributed by atoms with E-state index in [1.54, 1.807) is 42.6 Å². The molecule has 1 aliphatic rings. The number of hydrogen-bond acceptors (Lipinski definition) is 10. The van der Waals surface area contributed by atoms with Gasteiger partial charge in [-0.05, 0) is 50.0 Å². The summed E-state index contributed by atoms with van der Waals surface area (Å²) in [6.07, 6.45) is 6.48. The highest BCUT2D eigenvalue weighted by molar-refractivity contribution is 5.99. The molecule has 12 nitrogen and oxygen atoms in total. The van der Waals surface area contributed by atoms with Gasteiger partial charge in [0, 0.05) is 55.1 Å². The van der Waals surface area contributed by atoms with Crippen molar-refractivity contribution in [2.24, 2.45) is 0 Å². The summed E-state index contributed by atoms with van der Waals surface area (Å²) in [7, 11) is 6.28. The number of nitrogens with zero attached hydrogens (tertiary/aromatic N) is 5. The Bertz CT molecular complexity index is 2140. The maximum Gasteiger partial charge on any atom is 0.259 e. The molecular formula is C38H39F2N7O5. The predicted octanol–water partition coefficient (Wildman–Crippen LogP) is 5.44. The Kier molecular flexibility index (Phi) is 11.1. The zero-order chi connectivity index (χ0) is 36.8. The van der Waals surface area contributed by atoms with Gasteiger partial charge in [0.25, 0.3) is 5.56 Å². The van der Waals surface area contributed by atoms with Gasteiger partial charge >= 0.3 is 0 Å². The Morgan fingerprint density at radius 1 is 0.962 bits per heavy atom. The Morgan fingerprint density at radius 2 is 1.69 bits per heavy atom. The number of amides is 1. The van der Waals surface area contributed by atoms with Crippen molar-refractivity contribution in [2.75, 3.05) is 76.7 Å². The monoisotopic (exact) mass is 711 g/mol. The molecule has 1 aliphatic heterocycles. The van der Waals surface area contributed by atoms with Gasteiger partial charge in [0.2, 0.25) is 5.91 Å². The summed E-state index contributed by atoms with van der Waals surface area (Å²) in [6, 6.07) is 15.0. The highest BCUT2D eigenvalue weighted by Gasteiger charge is 2.25. The number of hydrogen-bond donors (Lipinski definition) is 2. The van der Waals surface area contributed by atoms with Gasteiger partial charge in [0.05, 0.1) is 62.5 Å². The fourth-order valence-electron chi connectivity index (χ4n) is 5.88. The Morgan fingerprint density at radius 3 is 2.37 bits per heavy atom. The van der Waals surface area contributed by atoms with Crippen LogP contribution < -0.4 is 30.6 Å². The van der Waals surface area contributed by atoms with Gasteiger partial charge in [0.15, 0.2) is 23.1 Å². The van der Waals surface area contributed by atoms with E-state index in [2.05, 4.69) is 25.5 Å². The number of rotatable bonds is 12. The van der Waals surface area contributed by atoms with Gasteiger partial charge in [-0.25, -0.2) is 18.7 Å². The molecule has 0 radical (unpaired) electrons. The first-order chi connectivity index (χ1) is 25.1. The third-order valence-corrected chi connectivity index (χ3v) is 8.48. The zero-order valence-electron chi connectivity index (χ0n) is 29.3. The molecule has 0 saturated carbocycles. The number of nitrogens with one attached hydrogen (secondary N) is 2. The summed E-state index contributed by atoms with van der Waals surface area (Å²) in [5.74, 6) is -2.05. The van der Waals surface area contributed by atoms with Crippen molar-refractivity contribution in [3.63, 3.8) is 0 Å². The van der Waals surface area contributed by atoms with Gasteiger partial charge in [-0.1, -0.05) is 18.2 Å². The van der Waals surface area contributed by atoms with Crippen LogP contribution in [0.5, 0.6) is 11.5 Å². The standard InChI is InChI=1S/C38H39F2N7O5/c1-45(2)12-6-9-34(48)43-26-8-5-7-24(17-26)23-47-29-19-33(44-32-11-10-27(22-42-32)46-13-15-52-16-14-46)41-21-25(29)18-28(38(47)49)35-36(39)30(50-3)20-31(51-4)37(35)40/h5-11,17-22H,12-16,23H2,1-4H3,(H,43,48)(H,41,42,44)/b9-6+. The molecule has 1 amide bonds. The van der Waals surface area contributed by atoms with Crippen LogP contribution in [0.2, 0.25) is 0 Å². The first-order valence-corrected chi connectivity index (χ1v) is 16.6. The number of aromatic nitrogens is 3. The molecule has 4 heterocycles. The van der Waals surface area contributed by atoms with Crippen molar-refractivity contribution < 1.29 is 27.8 Å². The van der Waals surface area contributed by atoms with Gasteiger partial charge in [-0.15, -0.1) is 0 Å². The molecule has 52 heavy (non-hydrogen) atoms. The number of fused-ring (bicyclic) bond motifs is 1. The van der Waals surface area contributed by atoms with Crippen LogP contribution in [0.1, 0.15) is 5.56 Å². The van der Waals surface area contributed by atoms with Crippen LogP contribution in [0.25, 0.3) is 22.0 Å². The largest absolute Gasteiger partial charge is 0.494 e. The number of pyridine rings is 3. The lowest BCUT2D eigenvalue weighted by atomic mass is 10.0. The lowest BCUT2D eigenvalue weighted by Gasteiger charge is -2.28. The molecule has 2 N–H and O–H groups in total. The van der Waals surface area contributed by atoms with E-state index < -0.39 is 22.8 Å². The number of benzene rings is 2. The molecule has 270 valence electrons. The number of ether oxygens (including phenoxy) is 3. The molecule has 0 bridgehead atoms. The van der Waals surface area contributed by atoms with Crippen LogP contribution in [-0.2, 0) is 16.1 Å². The lowest BCUT2D eigenvalue weighted by Crippen LogP contribution is -2.36. The minimum absolute atomic E-state index is 0.0103. The van der Waals surface area contributed by atoms with E-state index in [1.165, 1.54) is 37.1 Å². The van der Waals surface area contributed by atoms with Crippen LogP contribution in [0.3, 0.4) is 0 Å². The van der Waals surface area contributed by atoms with E-state index in [0.717, 1.165) is 24.8 Å². The molecule has 0 aliphatic carbocycles. The number of anilines is 4. The van der Waals surface area contributed by atoms with E-state index in [9.17, 15) is 9.59 Å². The quantitative estimate of drug-likeness (QED) is 0.162. The molecular weight excluding hydrogens is 672 g/mol. The zero-order valence-corrected chi connectivity index (χ0v) is 29.3. The molecule has 5 aromatic rings. The average molecular weight is 712 g/mol. The van der Waals surface area contributed by atoms with Crippen LogP contribution in [0.4, 0.5) is 31.8 Å². The average Bonchev–Trinajstić information content (AvgIpc) is 3.14. The van der Waals surface area contributed by atoms with Crippen molar-refractivity contribution in [3.05, 3.63) is 107 Å². The first-order valence-electron chi connectivity index (χ1n) is 16.6. The van der Waals surface area contributed by atoms with Crippen molar-refractivity contribution in [3.8, 4) is 22.6 Å². The second-order valence-corrected chi connectivity index (χ2v) is 12.3. The molecule has 2 aromatic carbocycles. The second kappa shape index (κ2) is 16.0. The van der Waals surface area contributed by atoms with Crippen LogP contribution in [-0.4, -0.2) is 86.5 Å². The van der Waals surface area contributed by atoms with Crippen molar-refractivity contribution >= 4 is 39.8 Å². The second-order valence-electron chi connectivity index (χ2n) is 12.3. The van der Waals surface area contributed by atoms with E-state index in [-0.39, 0.29) is 29.5 Å². The minimum atomic E-state index is -1.05. The van der Waals surface area contributed by atoms with E-state index >= 15 is 8.78 Å². The van der Waals surface area contributed by atoms with Crippen LogP contribution in [0.15, 0.2) is 83.9 Å². The number of likely N-dealkylation sites (N-methyl/N-ethyl adjacent to an activating group) is 1. The van der Waals surface area contributed by atoms with E-state index in [4.69, 9.17) is 14.2 Å². The number of methoxy groups -OCH3 is 2. The normalized spacial score (nSPS) is 13.2. The fourth-order valence-corrected chi connectivity index (χ4v) is 5.88. The van der Waals surface area contributed by atoms with E-state index in [1.807, 2.05) is 31.1 Å². The molecule has 1 fully saturated rings. The molecule has 0 spiro atoms. The minimum Gasteiger partial charge on any atom is -0.494 e. The van der Waals surface area contributed by atoms with Gasteiger partial charge < -0.3 is 39.2 Å². The summed E-state index contributed by atoms with van der Waals surface area (Å²) in [4.78, 5) is 40.1. The number of morpholine rings is 1. The Hall–Kier alpha value is -5.86. The first kappa shape index (κ1) is 35.9. The molecule has 0 unspecified atom stereocenters. The Balaban J connectivity index is 1.41. The van der Waals surface area contributed by atoms with E-state index in [0.29, 0.717) is 53.5 Å². The third kappa shape index (κ3) is 8.03. The molecule has 1 saturated heterocycles. The number of carbonyl (C=O) groups excluding carboxylic acids is 1. The molecule has 6 rings (SSSR count). The van der Waals surface area contributed by atoms with Crippen molar-refractivity contribution in [1.29, 1.82) is 0 Å². The summed E-state index contributed by atoms with van der Waals surface area (Å²) in [5.41, 5.74) is 1.05. The smallest absolute Gasteiger partial charge is 0.259 e. The summed E-state index contributed by atoms with van der Waals surface area (Å²) in [5, 5.41) is 6.47. The topological polar surface area (TPSA) is 123 Å². The highest BCUT2D eigenvalue weighted by atomic mass is 19.1. The van der Waals surface area contributed by atoms with Crippen molar-refractivity contribution in [2.45, 2.75) is 6.54 Å². The summed E-state index contributed by atoms with van der Waals surface area (Å²) in [6.45, 7) is 3.45. The molecule has 14 heteroatoms. The Labute approximate surface area is 299 Å². The van der Waals surface area contributed by atoms with Crippen LogP contribution >= 0.6 is 0 Å². The lowest BCUT2D eigenvalue weighted by molar-refractivity contribution is -0.111. The predicted molar refractivity (Wildman–Crippen MR) is 197 cm³/mol. The SMILES string of the molecule is COc1cc(OC)c(F)c(-c2cc3cnc(Nc4ccc(N5CCOCC5)cn4)cc3n(Cc3cccc(NC(=O)/C=C/CN(C)C)c3)c2=O)c1F. The van der Waals surface area contributed by atoms with Crippen molar-refractivity contribution in [1.82, 2.24) is 19.4 Å². The number of halogens is 2. The van der Waals surface area contributed by atoms with Gasteiger partial charge in [0.1, 0.15) is 11.6 Å². The third-order valence-electron chi connectivity index (χ3n) is 8.48. The summed E-state index contributed by atoms with van der Waals surface area (Å²) < 4.78 is 48.7. The maximum absolute atomic E-state index is 15.8.